The molecule has 0 saturated carbocycles. The molecular formula is C11H25N3O. The fraction of sp³-hybridized carbons (Fsp3) is 1.00. The van der Waals surface area contributed by atoms with Gasteiger partial charge < -0.3 is 20.6 Å². The topological polar surface area (TPSA) is 47.5 Å². The van der Waals surface area contributed by atoms with Gasteiger partial charge in [0, 0.05) is 25.7 Å². The van der Waals surface area contributed by atoms with Crippen LogP contribution in [-0.2, 0) is 0 Å². The van der Waals surface area contributed by atoms with Crippen molar-refractivity contribution >= 4 is 0 Å². The van der Waals surface area contributed by atoms with Gasteiger partial charge in [0.1, 0.15) is 0 Å². The van der Waals surface area contributed by atoms with Crippen LogP contribution in [0.2, 0.25) is 0 Å². The highest BCUT2D eigenvalue weighted by Gasteiger charge is 2.21. The lowest BCUT2D eigenvalue weighted by Crippen LogP contribution is -2.47. The zero-order chi connectivity index (χ0) is 11.3. The second-order valence-corrected chi connectivity index (χ2v) is 5.16. The molecule has 0 aromatic carbocycles. The van der Waals surface area contributed by atoms with Crippen molar-refractivity contribution in [2.24, 2.45) is 0 Å². The first-order chi connectivity index (χ1) is 6.99. The molecule has 1 rings (SSSR count). The van der Waals surface area contributed by atoms with Crippen LogP contribution in [0.4, 0.5) is 0 Å². The van der Waals surface area contributed by atoms with E-state index in [-0.39, 0.29) is 0 Å². The van der Waals surface area contributed by atoms with Gasteiger partial charge in [0.15, 0.2) is 0 Å². The standard InChI is InChI=1S/C11H25N3O/c1-11(15,9-14(2)3)8-12-7-10-5-4-6-13-10/h10,12-13,15H,4-9H2,1-3H3. The highest BCUT2D eigenvalue weighted by molar-refractivity contribution is 4.81. The van der Waals surface area contributed by atoms with Crippen molar-refractivity contribution in [2.45, 2.75) is 31.4 Å². The third kappa shape index (κ3) is 5.47. The van der Waals surface area contributed by atoms with Crippen LogP contribution in [-0.4, -0.2) is 61.9 Å². The summed E-state index contributed by atoms with van der Waals surface area (Å²) < 4.78 is 0. The Hall–Kier alpha value is -0.160. The SMILES string of the molecule is CN(C)CC(C)(O)CNCC1CCCN1. The van der Waals surface area contributed by atoms with Gasteiger partial charge in [-0.3, -0.25) is 0 Å². The van der Waals surface area contributed by atoms with E-state index in [0.717, 1.165) is 13.1 Å². The molecular weight excluding hydrogens is 190 g/mol. The number of rotatable bonds is 6. The van der Waals surface area contributed by atoms with Gasteiger partial charge >= 0.3 is 0 Å². The van der Waals surface area contributed by atoms with Crippen LogP contribution < -0.4 is 10.6 Å². The molecule has 3 N–H and O–H groups in total. The maximum Gasteiger partial charge on any atom is 0.0869 e. The quantitative estimate of drug-likeness (QED) is 0.566. The molecule has 1 heterocycles. The van der Waals surface area contributed by atoms with Gasteiger partial charge in [-0.1, -0.05) is 0 Å². The lowest BCUT2D eigenvalue weighted by atomic mass is 10.1. The fourth-order valence-corrected chi connectivity index (χ4v) is 2.18. The van der Waals surface area contributed by atoms with E-state index >= 15 is 0 Å². The van der Waals surface area contributed by atoms with Crippen molar-refractivity contribution in [3.05, 3.63) is 0 Å². The van der Waals surface area contributed by atoms with E-state index in [0.29, 0.717) is 19.1 Å². The number of aliphatic hydroxyl groups is 1. The van der Waals surface area contributed by atoms with Gasteiger partial charge in [-0.15, -0.1) is 0 Å². The van der Waals surface area contributed by atoms with Crippen molar-refractivity contribution in [1.29, 1.82) is 0 Å². The summed E-state index contributed by atoms with van der Waals surface area (Å²) in [7, 11) is 3.96. The summed E-state index contributed by atoms with van der Waals surface area (Å²) in [6, 6.07) is 0.597. The Morgan fingerprint density at radius 1 is 1.53 bits per heavy atom. The molecule has 90 valence electrons. The smallest absolute Gasteiger partial charge is 0.0869 e. The van der Waals surface area contributed by atoms with Crippen molar-refractivity contribution in [3.63, 3.8) is 0 Å². The Balaban J connectivity index is 2.11. The summed E-state index contributed by atoms with van der Waals surface area (Å²) in [6.45, 7) is 5.33. The molecule has 0 aromatic rings. The number of nitrogens with zero attached hydrogens (tertiary/aromatic N) is 1. The molecule has 4 heteroatoms. The molecule has 0 amide bonds. The molecule has 1 saturated heterocycles. The molecule has 1 aliphatic heterocycles. The van der Waals surface area contributed by atoms with Crippen molar-refractivity contribution in [3.8, 4) is 0 Å². The third-order valence-electron chi connectivity index (χ3n) is 2.72. The van der Waals surface area contributed by atoms with Crippen LogP contribution in [0, 0.1) is 0 Å². The predicted octanol–water partition coefficient (Wildman–Crippen LogP) is -0.359. The number of hydrogen-bond acceptors (Lipinski definition) is 4. The molecule has 4 nitrogen and oxygen atoms in total. The molecule has 1 fully saturated rings. The molecule has 2 unspecified atom stereocenters. The maximum absolute atomic E-state index is 10.0. The first kappa shape index (κ1) is 12.9. The molecule has 0 aliphatic carbocycles. The van der Waals surface area contributed by atoms with Gasteiger partial charge in [0.25, 0.3) is 0 Å². The Morgan fingerprint density at radius 2 is 2.27 bits per heavy atom. The number of hydrogen-bond donors (Lipinski definition) is 3. The van der Waals surface area contributed by atoms with E-state index in [1.54, 1.807) is 0 Å². The van der Waals surface area contributed by atoms with E-state index < -0.39 is 5.60 Å². The van der Waals surface area contributed by atoms with Crippen molar-refractivity contribution in [1.82, 2.24) is 15.5 Å². The minimum absolute atomic E-state index is 0.597. The summed E-state index contributed by atoms with van der Waals surface area (Å²) >= 11 is 0. The van der Waals surface area contributed by atoms with Crippen LogP contribution in [0.5, 0.6) is 0 Å². The van der Waals surface area contributed by atoms with Crippen LogP contribution in [0.25, 0.3) is 0 Å². The van der Waals surface area contributed by atoms with Gasteiger partial charge in [-0.25, -0.2) is 0 Å². The van der Waals surface area contributed by atoms with E-state index in [2.05, 4.69) is 10.6 Å². The lowest BCUT2D eigenvalue weighted by molar-refractivity contribution is 0.0336. The summed E-state index contributed by atoms with van der Waals surface area (Å²) in [6.07, 6.45) is 2.53. The minimum atomic E-state index is -0.637. The highest BCUT2D eigenvalue weighted by atomic mass is 16.3. The van der Waals surface area contributed by atoms with Gasteiger partial charge in [-0.2, -0.15) is 0 Å². The Labute approximate surface area is 93.0 Å². The average Bonchev–Trinajstić information content (AvgIpc) is 2.53. The third-order valence-corrected chi connectivity index (χ3v) is 2.72. The van der Waals surface area contributed by atoms with Crippen LogP contribution in [0.3, 0.4) is 0 Å². The first-order valence-corrected chi connectivity index (χ1v) is 5.81. The van der Waals surface area contributed by atoms with Crippen LogP contribution in [0.1, 0.15) is 19.8 Å². The van der Waals surface area contributed by atoms with E-state index in [9.17, 15) is 5.11 Å². The first-order valence-electron chi connectivity index (χ1n) is 5.81. The molecule has 0 radical (unpaired) electrons. The average molecular weight is 215 g/mol. The Bertz CT molecular complexity index is 177. The van der Waals surface area contributed by atoms with Crippen molar-refractivity contribution in [2.75, 3.05) is 40.3 Å². The minimum Gasteiger partial charge on any atom is -0.388 e. The summed E-state index contributed by atoms with van der Waals surface area (Å²) in [4.78, 5) is 2.01. The van der Waals surface area contributed by atoms with Crippen LogP contribution in [0.15, 0.2) is 0 Å². The monoisotopic (exact) mass is 215 g/mol. The fourth-order valence-electron chi connectivity index (χ4n) is 2.18. The molecule has 1 aliphatic rings. The summed E-state index contributed by atoms with van der Waals surface area (Å²) in [5.41, 5.74) is -0.637. The van der Waals surface area contributed by atoms with Gasteiger partial charge in [-0.05, 0) is 40.4 Å². The number of nitrogens with one attached hydrogen (secondary N) is 2. The Kier molecular flexibility index (Phi) is 4.99. The van der Waals surface area contributed by atoms with Crippen molar-refractivity contribution < 1.29 is 5.11 Å². The number of likely N-dealkylation sites (N-methyl/N-ethyl adjacent to an activating group) is 1. The largest absolute Gasteiger partial charge is 0.388 e. The van der Waals surface area contributed by atoms with E-state index in [4.69, 9.17) is 0 Å². The summed E-state index contributed by atoms with van der Waals surface area (Å²) in [5.74, 6) is 0. The summed E-state index contributed by atoms with van der Waals surface area (Å²) in [5, 5.41) is 16.8. The zero-order valence-electron chi connectivity index (χ0n) is 10.2. The maximum atomic E-state index is 10.0. The van der Waals surface area contributed by atoms with E-state index in [1.165, 1.54) is 12.8 Å². The molecule has 15 heavy (non-hydrogen) atoms. The molecule has 2 atom stereocenters. The van der Waals surface area contributed by atoms with E-state index in [1.807, 2.05) is 25.9 Å². The molecule has 0 bridgehead atoms. The van der Waals surface area contributed by atoms with Gasteiger partial charge in [0.2, 0.25) is 0 Å². The second-order valence-electron chi connectivity index (χ2n) is 5.16. The lowest BCUT2D eigenvalue weighted by Gasteiger charge is -2.27. The zero-order valence-corrected chi connectivity index (χ0v) is 10.2. The Morgan fingerprint density at radius 3 is 2.80 bits per heavy atom. The predicted molar refractivity (Wildman–Crippen MR) is 63.1 cm³/mol. The highest BCUT2D eigenvalue weighted by Crippen LogP contribution is 2.05. The normalized spacial score (nSPS) is 25.8. The molecule has 0 spiro atoms. The molecule has 0 aromatic heterocycles. The van der Waals surface area contributed by atoms with Crippen LogP contribution >= 0.6 is 0 Å². The van der Waals surface area contributed by atoms with Gasteiger partial charge in [0.05, 0.1) is 5.60 Å². The second kappa shape index (κ2) is 5.80.